The molecular weight excluding hydrogens is 166 g/mol. The van der Waals surface area contributed by atoms with Crippen molar-refractivity contribution >= 4 is 6.47 Å². The zero-order valence-electron chi connectivity index (χ0n) is 7.69. The van der Waals surface area contributed by atoms with Gasteiger partial charge >= 0.3 is 0 Å². The lowest BCUT2D eigenvalue weighted by atomic mass is 9.66. The van der Waals surface area contributed by atoms with Crippen molar-refractivity contribution in [2.75, 3.05) is 19.6 Å². The maximum atomic E-state index is 10.4. The third kappa shape index (κ3) is 1.10. The minimum Gasteiger partial charge on any atom is -0.464 e. The Morgan fingerprint density at radius 2 is 1.85 bits per heavy atom. The van der Waals surface area contributed by atoms with Gasteiger partial charge in [0.15, 0.2) is 0 Å². The summed E-state index contributed by atoms with van der Waals surface area (Å²) in [6.07, 6.45) is 2.81. The van der Waals surface area contributed by atoms with Crippen LogP contribution in [0.5, 0.6) is 0 Å². The summed E-state index contributed by atoms with van der Waals surface area (Å²) >= 11 is 0. The van der Waals surface area contributed by atoms with Crippen LogP contribution in [0.15, 0.2) is 0 Å². The quantitative estimate of drug-likeness (QED) is 0.581. The molecule has 0 aromatic heterocycles. The highest BCUT2D eigenvalue weighted by Crippen LogP contribution is 2.44. The van der Waals surface area contributed by atoms with Gasteiger partial charge < -0.3 is 9.64 Å². The molecule has 4 bridgehead atoms. The predicted octanol–water partition coefficient (Wildman–Crippen LogP) is 0.500. The molecule has 0 N–H and O–H groups in total. The van der Waals surface area contributed by atoms with Crippen LogP contribution in [0.3, 0.4) is 0 Å². The van der Waals surface area contributed by atoms with E-state index in [4.69, 9.17) is 4.74 Å². The van der Waals surface area contributed by atoms with Crippen LogP contribution >= 0.6 is 0 Å². The lowest BCUT2D eigenvalue weighted by Crippen LogP contribution is -2.60. The average Bonchev–Trinajstić information content (AvgIpc) is 2.10. The summed E-state index contributed by atoms with van der Waals surface area (Å²) in [7, 11) is 0. The number of ether oxygens (including phenoxy) is 1. The standard InChI is InChI=1S/C10H15NO2/c12-6-13-10-8-1-7-2-9(10)5-11(3-7)4-8/h6-10H,1-5H2/t7?,8-,9?,10+/m1/s1. The molecule has 3 unspecified atom stereocenters. The molecule has 72 valence electrons. The van der Waals surface area contributed by atoms with Crippen molar-refractivity contribution in [1.29, 1.82) is 0 Å². The van der Waals surface area contributed by atoms with Crippen LogP contribution in [0.2, 0.25) is 0 Å². The first-order valence-corrected chi connectivity index (χ1v) is 5.18. The second kappa shape index (κ2) is 2.71. The van der Waals surface area contributed by atoms with E-state index < -0.39 is 0 Å². The molecule has 13 heavy (non-hydrogen) atoms. The molecular formula is C10H15NO2. The molecule has 5 atom stereocenters. The van der Waals surface area contributed by atoms with E-state index in [1.165, 1.54) is 19.4 Å². The van der Waals surface area contributed by atoms with Crippen LogP contribution in [0.4, 0.5) is 0 Å². The van der Waals surface area contributed by atoms with Crippen molar-refractivity contribution in [3.05, 3.63) is 0 Å². The Hall–Kier alpha value is -0.570. The Kier molecular flexibility index (Phi) is 1.62. The van der Waals surface area contributed by atoms with Crippen LogP contribution in [0.1, 0.15) is 12.8 Å². The van der Waals surface area contributed by atoms with E-state index in [2.05, 4.69) is 4.90 Å². The number of rotatable bonds is 2. The van der Waals surface area contributed by atoms with Crippen LogP contribution < -0.4 is 0 Å². The maximum absolute atomic E-state index is 10.4. The molecule has 3 heterocycles. The normalized spacial score (nSPS) is 52.2. The third-order valence-corrected chi connectivity index (χ3v) is 3.92. The Morgan fingerprint density at radius 3 is 2.38 bits per heavy atom. The molecule has 1 saturated carbocycles. The molecule has 0 spiro atoms. The first kappa shape index (κ1) is 7.80. The first-order valence-electron chi connectivity index (χ1n) is 5.18. The van der Waals surface area contributed by atoms with Crippen LogP contribution in [-0.4, -0.2) is 37.1 Å². The monoisotopic (exact) mass is 181 g/mol. The molecule has 4 aliphatic rings. The van der Waals surface area contributed by atoms with Gasteiger partial charge in [0.25, 0.3) is 6.47 Å². The van der Waals surface area contributed by atoms with E-state index in [0.717, 1.165) is 19.0 Å². The number of carbonyl (C=O) groups excluding carboxylic acids is 1. The van der Waals surface area contributed by atoms with Crippen molar-refractivity contribution in [2.45, 2.75) is 18.9 Å². The van der Waals surface area contributed by atoms with Gasteiger partial charge in [0.2, 0.25) is 0 Å². The molecule has 0 aromatic carbocycles. The van der Waals surface area contributed by atoms with Gasteiger partial charge in [-0.2, -0.15) is 0 Å². The van der Waals surface area contributed by atoms with E-state index in [-0.39, 0.29) is 6.10 Å². The van der Waals surface area contributed by atoms with E-state index in [0.29, 0.717) is 18.3 Å². The smallest absolute Gasteiger partial charge is 0.293 e. The predicted molar refractivity (Wildman–Crippen MR) is 47.1 cm³/mol. The summed E-state index contributed by atoms with van der Waals surface area (Å²) in [5, 5.41) is 0. The Balaban J connectivity index is 1.81. The molecule has 3 nitrogen and oxygen atoms in total. The van der Waals surface area contributed by atoms with E-state index in [1.807, 2.05) is 0 Å². The lowest BCUT2D eigenvalue weighted by molar-refractivity contribution is -0.160. The van der Waals surface area contributed by atoms with Gasteiger partial charge in [-0.05, 0) is 18.8 Å². The molecule has 3 saturated heterocycles. The number of hydrogen-bond donors (Lipinski definition) is 0. The van der Waals surface area contributed by atoms with E-state index in [9.17, 15) is 4.79 Å². The third-order valence-electron chi connectivity index (χ3n) is 3.92. The Labute approximate surface area is 78.0 Å². The summed E-state index contributed by atoms with van der Waals surface area (Å²) in [6.45, 7) is 4.25. The van der Waals surface area contributed by atoms with Gasteiger partial charge in [0.1, 0.15) is 6.10 Å². The number of nitrogens with zero attached hydrogens (tertiary/aromatic N) is 1. The highest BCUT2D eigenvalue weighted by atomic mass is 16.5. The van der Waals surface area contributed by atoms with Crippen molar-refractivity contribution in [3.8, 4) is 0 Å². The van der Waals surface area contributed by atoms with Gasteiger partial charge in [0.05, 0.1) is 0 Å². The average molecular weight is 181 g/mol. The molecule has 4 fully saturated rings. The summed E-state index contributed by atoms with van der Waals surface area (Å²) in [6, 6.07) is 0. The van der Waals surface area contributed by atoms with Crippen molar-refractivity contribution < 1.29 is 9.53 Å². The molecule has 0 amide bonds. The summed E-state index contributed by atoms with van der Waals surface area (Å²) in [5.74, 6) is 2.16. The Morgan fingerprint density at radius 1 is 1.15 bits per heavy atom. The highest BCUT2D eigenvalue weighted by molar-refractivity contribution is 5.38. The van der Waals surface area contributed by atoms with Gasteiger partial charge in [-0.1, -0.05) is 0 Å². The van der Waals surface area contributed by atoms with Gasteiger partial charge in [-0.15, -0.1) is 0 Å². The first-order chi connectivity index (χ1) is 6.36. The van der Waals surface area contributed by atoms with E-state index in [1.54, 1.807) is 0 Å². The van der Waals surface area contributed by atoms with Gasteiger partial charge in [-0.3, -0.25) is 4.79 Å². The Bertz CT molecular complexity index is 201. The minimum atomic E-state index is 0.241. The molecule has 0 radical (unpaired) electrons. The largest absolute Gasteiger partial charge is 0.464 e. The zero-order valence-corrected chi connectivity index (χ0v) is 7.69. The summed E-state index contributed by atoms with van der Waals surface area (Å²) in [5.41, 5.74) is 0. The van der Waals surface area contributed by atoms with Crippen molar-refractivity contribution in [1.82, 2.24) is 4.90 Å². The number of hydrogen-bond acceptors (Lipinski definition) is 3. The van der Waals surface area contributed by atoms with Crippen molar-refractivity contribution in [3.63, 3.8) is 0 Å². The molecule has 1 aliphatic carbocycles. The van der Waals surface area contributed by atoms with Crippen LogP contribution in [0.25, 0.3) is 0 Å². The van der Waals surface area contributed by atoms with Gasteiger partial charge in [0, 0.05) is 31.5 Å². The van der Waals surface area contributed by atoms with Crippen LogP contribution in [0, 0.1) is 17.8 Å². The van der Waals surface area contributed by atoms with Gasteiger partial charge in [-0.25, -0.2) is 0 Å². The summed E-state index contributed by atoms with van der Waals surface area (Å²) in [4.78, 5) is 12.9. The fourth-order valence-corrected chi connectivity index (χ4v) is 3.65. The van der Waals surface area contributed by atoms with Crippen molar-refractivity contribution in [2.24, 2.45) is 17.8 Å². The number of carbonyl (C=O) groups is 1. The molecule has 4 rings (SSSR count). The molecule has 3 aliphatic heterocycles. The minimum absolute atomic E-state index is 0.241. The van der Waals surface area contributed by atoms with Crippen LogP contribution in [-0.2, 0) is 9.53 Å². The second-order valence-corrected chi connectivity index (χ2v) is 4.77. The SMILES string of the molecule is O=CO[C@@H]1C2CC3C[C@@H]1CN(C3)C2. The van der Waals surface area contributed by atoms with E-state index >= 15 is 0 Å². The topological polar surface area (TPSA) is 29.5 Å². The maximum Gasteiger partial charge on any atom is 0.293 e. The summed E-state index contributed by atoms with van der Waals surface area (Å²) < 4.78 is 5.21. The molecule has 3 heteroatoms. The highest BCUT2D eigenvalue weighted by Gasteiger charge is 2.48. The second-order valence-electron chi connectivity index (χ2n) is 4.77. The zero-order chi connectivity index (χ0) is 8.84. The molecule has 0 aromatic rings. The lowest BCUT2D eigenvalue weighted by Gasteiger charge is -2.54. The fourth-order valence-electron chi connectivity index (χ4n) is 3.65. The number of piperidine rings is 3. The fraction of sp³-hybridized carbons (Fsp3) is 0.900.